The zero-order valence-electron chi connectivity index (χ0n) is 16.7. The molecule has 0 N–H and O–H groups in total. The van der Waals surface area contributed by atoms with Gasteiger partial charge in [0, 0.05) is 62.9 Å². The van der Waals surface area contributed by atoms with E-state index < -0.39 is 5.60 Å². The van der Waals surface area contributed by atoms with Crippen molar-refractivity contribution in [2.24, 2.45) is 7.05 Å². The third-order valence-corrected chi connectivity index (χ3v) is 4.65. The molecule has 3 aromatic heterocycles. The van der Waals surface area contributed by atoms with E-state index in [1.54, 1.807) is 14.1 Å². The Labute approximate surface area is 163 Å². The van der Waals surface area contributed by atoms with Crippen LogP contribution in [0.15, 0.2) is 31.0 Å². The van der Waals surface area contributed by atoms with Crippen molar-refractivity contribution in [3.63, 3.8) is 0 Å². The van der Waals surface area contributed by atoms with Gasteiger partial charge in [-0.05, 0) is 20.8 Å². The highest BCUT2D eigenvalue weighted by Crippen LogP contribution is 2.24. The summed E-state index contributed by atoms with van der Waals surface area (Å²) in [6.07, 6.45) is 9.13. The number of nitrogens with zero attached hydrogens (tertiary/aromatic N) is 7. The molecule has 1 aliphatic rings. The van der Waals surface area contributed by atoms with Crippen molar-refractivity contribution < 1.29 is 9.53 Å². The minimum absolute atomic E-state index is 0.258. The van der Waals surface area contributed by atoms with Gasteiger partial charge in [0.15, 0.2) is 5.65 Å². The van der Waals surface area contributed by atoms with Crippen LogP contribution in [0.5, 0.6) is 0 Å². The molecule has 1 saturated heterocycles. The first-order valence-corrected chi connectivity index (χ1v) is 9.35. The smallest absolute Gasteiger partial charge is 0.410 e. The molecule has 0 aliphatic carbocycles. The number of carbonyl (C=O) groups is 1. The summed E-state index contributed by atoms with van der Waals surface area (Å²) in [5.41, 5.74) is 3.26. The van der Waals surface area contributed by atoms with Crippen molar-refractivity contribution in [2.45, 2.75) is 26.4 Å². The highest BCUT2D eigenvalue weighted by molar-refractivity contribution is 5.72. The molecule has 0 aromatic carbocycles. The summed E-state index contributed by atoms with van der Waals surface area (Å²) in [4.78, 5) is 20.8. The van der Waals surface area contributed by atoms with E-state index in [0.29, 0.717) is 26.2 Å². The normalized spacial score (nSPS) is 15.3. The Bertz CT molecular complexity index is 993. The Morgan fingerprint density at radius 3 is 2.36 bits per heavy atom. The van der Waals surface area contributed by atoms with Gasteiger partial charge in [-0.1, -0.05) is 0 Å². The Hall–Kier alpha value is -3.10. The van der Waals surface area contributed by atoms with Crippen LogP contribution in [0.3, 0.4) is 0 Å². The van der Waals surface area contributed by atoms with Gasteiger partial charge in [0.1, 0.15) is 11.3 Å². The number of fused-ring (bicyclic) bond motifs is 1. The molecule has 4 rings (SSSR count). The number of aromatic nitrogens is 5. The summed E-state index contributed by atoms with van der Waals surface area (Å²) in [6.45, 7) is 8.29. The van der Waals surface area contributed by atoms with Gasteiger partial charge in [-0.25, -0.2) is 14.3 Å². The van der Waals surface area contributed by atoms with Crippen LogP contribution in [-0.2, 0) is 11.8 Å². The second kappa shape index (κ2) is 6.81. The minimum Gasteiger partial charge on any atom is -0.444 e. The largest absolute Gasteiger partial charge is 0.444 e. The summed E-state index contributed by atoms with van der Waals surface area (Å²) < 4.78 is 9.01. The molecule has 3 aromatic rings. The van der Waals surface area contributed by atoms with E-state index in [0.717, 1.165) is 22.5 Å². The molecular weight excluding hydrogens is 358 g/mol. The summed E-state index contributed by atoms with van der Waals surface area (Å²) in [6, 6.07) is 0. The van der Waals surface area contributed by atoms with Crippen LogP contribution >= 0.6 is 0 Å². The zero-order valence-corrected chi connectivity index (χ0v) is 16.7. The maximum absolute atomic E-state index is 12.2. The number of hydrogen-bond acceptors (Lipinski definition) is 6. The predicted molar refractivity (Wildman–Crippen MR) is 105 cm³/mol. The predicted octanol–water partition coefficient (Wildman–Crippen LogP) is 2.19. The van der Waals surface area contributed by atoms with E-state index in [1.165, 1.54) is 0 Å². The van der Waals surface area contributed by atoms with Gasteiger partial charge in [-0.2, -0.15) is 10.2 Å². The number of anilines is 1. The highest BCUT2D eigenvalue weighted by atomic mass is 16.6. The average molecular weight is 383 g/mol. The maximum Gasteiger partial charge on any atom is 0.410 e. The number of piperazine rings is 1. The van der Waals surface area contributed by atoms with Gasteiger partial charge >= 0.3 is 6.09 Å². The Morgan fingerprint density at radius 1 is 1.00 bits per heavy atom. The van der Waals surface area contributed by atoms with Crippen LogP contribution in [0.2, 0.25) is 0 Å². The van der Waals surface area contributed by atoms with Crippen molar-refractivity contribution >= 4 is 17.4 Å². The maximum atomic E-state index is 12.2. The molecule has 0 saturated carbocycles. The van der Waals surface area contributed by atoms with Gasteiger partial charge in [-0.3, -0.25) is 4.68 Å². The standard InChI is InChI=1S/C19H25N7O2/c1-19(2,3)28-18(27)25-7-5-24(6-8-25)16-11-22-26-13-14(9-20-17(16)26)15-10-21-23(4)12-15/h9-13H,5-8H2,1-4H3. The summed E-state index contributed by atoms with van der Waals surface area (Å²) >= 11 is 0. The molecule has 4 heterocycles. The van der Waals surface area contributed by atoms with Crippen LogP contribution in [0, 0.1) is 0 Å². The van der Waals surface area contributed by atoms with E-state index in [4.69, 9.17) is 4.74 Å². The number of ether oxygens (including phenoxy) is 1. The molecule has 9 heteroatoms. The van der Waals surface area contributed by atoms with Crippen LogP contribution < -0.4 is 4.90 Å². The van der Waals surface area contributed by atoms with Crippen molar-refractivity contribution in [2.75, 3.05) is 31.1 Å². The monoisotopic (exact) mass is 383 g/mol. The molecule has 0 spiro atoms. The SMILES string of the molecule is Cn1cc(-c2cnc3c(N4CCN(C(=O)OC(C)(C)C)CC4)cnn3c2)cn1. The van der Waals surface area contributed by atoms with Crippen LogP contribution in [0.1, 0.15) is 20.8 Å². The second-order valence-electron chi connectivity index (χ2n) is 8.00. The number of hydrogen-bond donors (Lipinski definition) is 0. The van der Waals surface area contributed by atoms with E-state index >= 15 is 0 Å². The average Bonchev–Trinajstić information content (AvgIpc) is 3.26. The molecule has 0 atom stereocenters. The lowest BCUT2D eigenvalue weighted by Crippen LogP contribution is -2.50. The third-order valence-electron chi connectivity index (χ3n) is 4.65. The van der Waals surface area contributed by atoms with Gasteiger partial charge in [-0.15, -0.1) is 0 Å². The lowest BCUT2D eigenvalue weighted by atomic mass is 10.2. The highest BCUT2D eigenvalue weighted by Gasteiger charge is 2.27. The molecular formula is C19H25N7O2. The van der Waals surface area contributed by atoms with Crippen LogP contribution in [0.25, 0.3) is 16.8 Å². The molecule has 9 nitrogen and oxygen atoms in total. The van der Waals surface area contributed by atoms with Crippen molar-refractivity contribution in [1.82, 2.24) is 29.3 Å². The van der Waals surface area contributed by atoms with Gasteiger partial charge < -0.3 is 14.5 Å². The third kappa shape index (κ3) is 3.64. The molecule has 1 fully saturated rings. The Kier molecular flexibility index (Phi) is 4.44. The number of aryl methyl sites for hydroxylation is 1. The van der Waals surface area contributed by atoms with Gasteiger partial charge in [0.2, 0.25) is 0 Å². The quantitative estimate of drug-likeness (QED) is 0.675. The summed E-state index contributed by atoms with van der Waals surface area (Å²) in [5, 5.41) is 8.67. The molecule has 28 heavy (non-hydrogen) atoms. The van der Waals surface area contributed by atoms with Crippen LogP contribution in [-0.4, -0.2) is 67.2 Å². The molecule has 1 amide bonds. The fourth-order valence-corrected chi connectivity index (χ4v) is 3.26. The Morgan fingerprint density at radius 2 is 1.71 bits per heavy atom. The number of rotatable bonds is 2. The van der Waals surface area contributed by atoms with E-state index in [1.807, 2.05) is 58.8 Å². The van der Waals surface area contributed by atoms with Crippen molar-refractivity contribution in [1.29, 1.82) is 0 Å². The molecule has 0 radical (unpaired) electrons. The minimum atomic E-state index is -0.480. The van der Waals surface area contributed by atoms with Crippen molar-refractivity contribution in [3.05, 3.63) is 31.0 Å². The number of carbonyl (C=O) groups excluding carboxylic acids is 1. The fraction of sp³-hybridized carbons (Fsp3) is 0.474. The number of amides is 1. The topological polar surface area (TPSA) is 80.8 Å². The van der Waals surface area contributed by atoms with E-state index in [-0.39, 0.29) is 6.09 Å². The molecule has 148 valence electrons. The van der Waals surface area contributed by atoms with Crippen LogP contribution in [0.4, 0.5) is 10.5 Å². The summed E-state index contributed by atoms with van der Waals surface area (Å²) in [7, 11) is 1.89. The van der Waals surface area contributed by atoms with Gasteiger partial charge in [0.05, 0.1) is 12.4 Å². The van der Waals surface area contributed by atoms with Gasteiger partial charge in [0.25, 0.3) is 0 Å². The lowest BCUT2D eigenvalue weighted by molar-refractivity contribution is 0.0240. The van der Waals surface area contributed by atoms with E-state index in [2.05, 4.69) is 20.1 Å². The Balaban J connectivity index is 1.48. The zero-order chi connectivity index (χ0) is 19.9. The van der Waals surface area contributed by atoms with E-state index in [9.17, 15) is 4.79 Å². The first-order valence-electron chi connectivity index (χ1n) is 9.35. The lowest BCUT2D eigenvalue weighted by Gasteiger charge is -2.36. The second-order valence-corrected chi connectivity index (χ2v) is 8.00. The molecule has 0 unspecified atom stereocenters. The van der Waals surface area contributed by atoms with Crippen molar-refractivity contribution in [3.8, 4) is 11.1 Å². The first kappa shape index (κ1) is 18.3. The molecule has 0 bridgehead atoms. The fourth-order valence-electron chi connectivity index (χ4n) is 3.26. The summed E-state index contributed by atoms with van der Waals surface area (Å²) in [5.74, 6) is 0. The molecule has 1 aliphatic heterocycles. The first-order chi connectivity index (χ1) is 13.3.